The van der Waals surface area contributed by atoms with Crippen LogP contribution in [0, 0.1) is 5.92 Å². The first-order chi connectivity index (χ1) is 9.66. The fourth-order valence-electron chi connectivity index (χ4n) is 3.64. The van der Waals surface area contributed by atoms with Crippen molar-refractivity contribution in [3.63, 3.8) is 0 Å². The Bertz CT molecular complexity index is 311. The number of carbonyl (C=O) groups is 1. The van der Waals surface area contributed by atoms with Gasteiger partial charge in [0.2, 0.25) is 0 Å². The van der Waals surface area contributed by atoms with Crippen LogP contribution in [0.25, 0.3) is 0 Å². The van der Waals surface area contributed by atoms with Crippen LogP contribution in [-0.2, 0) is 4.79 Å². The predicted molar refractivity (Wildman–Crippen MR) is 77.7 cm³/mol. The minimum absolute atomic E-state index is 0.0442. The molecule has 0 spiro atoms. The highest BCUT2D eigenvalue weighted by molar-refractivity contribution is 5.68. The number of hydrogen-bond acceptors (Lipinski definition) is 4. The summed E-state index contributed by atoms with van der Waals surface area (Å²) in [5.74, 6) is -0.282. The molecule has 2 rings (SSSR count). The van der Waals surface area contributed by atoms with Crippen LogP contribution >= 0.6 is 0 Å². The summed E-state index contributed by atoms with van der Waals surface area (Å²) in [6, 6.07) is 0.319. The fraction of sp³-hybridized carbons (Fsp3) is 0.933. The summed E-state index contributed by atoms with van der Waals surface area (Å²) in [6.07, 6.45) is 7.79. The van der Waals surface area contributed by atoms with Gasteiger partial charge in [0.25, 0.3) is 0 Å². The predicted octanol–water partition coefficient (Wildman–Crippen LogP) is 1.07. The zero-order valence-electron chi connectivity index (χ0n) is 12.3. The van der Waals surface area contributed by atoms with Crippen molar-refractivity contribution in [2.24, 2.45) is 5.92 Å². The van der Waals surface area contributed by atoms with E-state index in [-0.39, 0.29) is 12.6 Å². The minimum Gasteiger partial charge on any atom is -0.480 e. The number of nitrogens with one attached hydrogen (secondary N) is 1. The number of aliphatic carboxylic acids is 1. The topological polar surface area (TPSA) is 72.8 Å². The third kappa shape index (κ3) is 4.72. The van der Waals surface area contributed by atoms with Gasteiger partial charge in [0.15, 0.2) is 0 Å². The van der Waals surface area contributed by atoms with Crippen LogP contribution in [0.1, 0.15) is 44.9 Å². The van der Waals surface area contributed by atoms with Crippen LogP contribution in [0.15, 0.2) is 0 Å². The van der Waals surface area contributed by atoms with E-state index < -0.39 is 5.97 Å². The number of piperidine rings is 1. The van der Waals surface area contributed by atoms with E-state index in [0.29, 0.717) is 12.0 Å². The maximum Gasteiger partial charge on any atom is 0.317 e. The molecule has 3 N–H and O–H groups in total. The third-order valence-electron chi connectivity index (χ3n) is 4.67. The van der Waals surface area contributed by atoms with Crippen LogP contribution in [0.4, 0.5) is 0 Å². The maximum absolute atomic E-state index is 10.5. The molecule has 0 bridgehead atoms. The first-order valence-corrected chi connectivity index (χ1v) is 8.01. The number of rotatable bonds is 5. The van der Waals surface area contributed by atoms with Gasteiger partial charge in [0.1, 0.15) is 0 Å². The molecular formula is C15H28N2O3. The van der Waals surface area contributed by atoms with Gasteiger partial charge in [0.05, 0.1) is 12.6 Å². The molecule has 1 aliphatic heterocycles. The van der Waals surface area contributed by atoms with Gasteiger partial charge in [-0.15, -0.1) is 0 Å². The zero-order chi connectivity index (χ0) is 14.4. The normalized spacial score (nSPS) is 32.8. The second-order valence-electron chi connectivity index (χ2n) is 6.30. The van der Waals surface area contributed by atoms with Gasteiger partial charge in [0, 0.05) is 12.6 Å². The molecule has 2 aliphatic rings. The lowest BCUT2D eigenvalue weighted by molar-refractivity contribution is -0.136. The van der Waals surface area contributed by atoms with Crippen molar-refractivity contribution in [2.45, 2.75) is 57.1 Å². The van der Waals surface area contributed by atoms with E-state index in [1.54, 1.807) is 0 Å². The van der Waals surface area contributed by atoms with Crippen molar-refractivity contribution in [3.05, 3.63) is 0 Å². The lowest BCUT2D eigenvalue weighted by atomic mass is 9.94. The average molecular weight is 284 g/mol. The number of hydrogen-bond donors (Lipinski definition) is 3. The monoisotopic (exact) mass is 284 g/mol. The molecule has 5 heteroatoms. The van der Waals surface area contributed by atoms with Crippen LogP contribution in [0.2, 0.25) is 0 Å². The second kappa shape index (κ2) is 7.96. The van der Waals surface area contributed by atoms with Gasteiger partial charge in [-0.1, -0.05) is 19.3 Å². The molecule has 0 aromatic carbocycles. The van der Waals surface area contributed by atoms with E-state index in [4.69, 9.17) is 5.11 Å². The fourth-order valence-corrected chi connectivity index (χ4v) is 3.64. The van der Waals surface area contributed by atoms with Crippen LogP contribution in [-0.4, -0.2) is 59.4 Å². The van der Waals surface area contributed by atoms with Crippen LogP contribution in [0.5, 0.6) is 0 Å². The van der Waals surface area contributed by atoms with E-state index in [1.807, 2.05) is 0 Å². The highest BCUT2D eigenvalue weighted by atomic mass is 16.4. The molecule has 1 saturated carbocycles. The number of carboxylic acids is 1. The van der Waals surface area contributed by atoms with E-state index in [0.717, 1.165) is 51.7 Å². The standard InChI is InChI=1S/C15H28N2O3/c18-14-7-3-1-2-6-13(14)17-8-4-5-12(11-17)9-16-10-15(19)20/h12-14,16,18H,1-11H2,(H,19,20). The molecule has 2 fully saturated rings. The maximum atomic E-state index is 10.5. The first-order valence-electron chi connectivity index (χ1n) is 8.01. The number of aliphatic hydroxyl groups excluding tert-OH is 1. The van der Waals surface area contributed by atoms with Gasteiger partial charge in [-0.25, -0.2) is 0 Å². The molecule has 1 heterocycles. The van der Waals surface area contributed by atoms with Crippen molar-refractivity contribution < 1.29 is 15.0 Å². The summed E-state index contributed by atoms with van der Waals surface area (Å²) in [4.78, 5) is 13.0. The van der Waals surface area contributed by atoms with Gasteiger partial charge in [-0.2, -0.15) is 0 Å². The minimum atomic E-state index is -0.795. The highest BCUT2D eigenvalue weighted by Crippen LogP contribution is 2.26. The lowest BCUT2D eigenvalue weighted by Gasteiger charge is -2.40. The largest absolute Gasteiger partial charge is 0.480 e. The lowest BCUT2D eigenvalue weighted by Crippen LogP contribution is -2.49. The molecule has 5 nitrogen and oxygen atoms in total. The van der Waals surface area contributed by atoms with Gasteiger partial charge >= 0.3 is 5.97 Å². The second-order valence-corrected chi connectivity index (χ2v) is 6.30. The third-order valence-corrected chi connectivity index (χ3v) is 4.67. The average Bonchev–Trinajstić information content (AvgIpc) is 2.63. The van der Waals surface area contributed by atoms with Crippen molar-refractivity contribution in [1.29, 1.82) is 0 Å². The molecule has 1 saturated heterocycles. The van der Waals surface area contributed by atoms with Crippen molar-refractivity contribution in [2.75, 3.05) is 26.2 Å². The molecule has 20 heavy (non-hydrogen) atoms. The van der Waals surface area contributed by atoms with Crippen molar-refractivity contribution >= 4 is 5.97 Å². The zero-order valence-corrected chi connectivity index (χ0v) is 12.3. The van der Waals surface area contributed by atoms with Gasteiger partial charge in [-0.3, -0.25) is 9.69 Å². The number of likely N-dealkylation sites (tertiary alicyclic amines) is 1. The molecule has 1 aliphatic carbocycles. The van der Waals surface area contributed by atoms with E-state index >= 15 is 0 Å². The molecule has 3 unspecified atom stereocenters. The number of nitrogens with zero attached hydrogens (tertiary/aromatic N) is 1. The molecule has 0 radical (unpaired) electrons. The van der Waals surface area contributed by atoms with E-state index in [2.05, 4.69) is 10.2 Å². The number of carboxylic acid groups (broad SMARTS) is 1. The molecule has 3 atom stereocenters. The summed E-state index contributed by atoms with van der Waals surface area (Å²) in [7, 11) is 0. The smallest absolute Gasteiger partial charge is 0.317 e. The molecule has 0 amide bonds. The molecule has 0 aromatic heterocycles. The van der Waals surface area contributed by atoms with Crippen molar-refractivity contribution in [1.82, 2.24) is 10.2 Å². The SMILES string of the molecule is O=C(O)CNCC1CCCN(C2CCCCCC2O)C1. The molecule has 116 valence electrons. The molecular weight excluding hydrogens is 256 g/mol. The highest BCUT2D eigenvalue weighted by Gasteiger charge is 2.30. The number of aliphatic hydroxyl groups is 1. The van der Waals surface area contributed by atoms with Crippen LogP contribution < -0.4 is 5.32 Å². The summed E-state index contributed by atoms with van der Waals surface area (Å²) < 4.78 is 0. The Hall–Kier alpha value is -0.650. The summed E-state index contributed by atoms with van der Waals surface area (Å²) in [5.41, 5.74) is 0. The quantitative estimate of drug-likeness (QED) is 0.659. The van der Waals surface area contributed by atoms with Crippen LogP contribution in [0.3, 0.4) is 0 Å². The van der Waals surface area contributed by atoms with E-state index in [9.17, 15) is 9.90 Å². The Labute approximate surface area is 121 Å². The Morgan fingerprint density at radius 2 is 1.95 bits per heavy atom. The first kappa shape index (κ1) is 15.7. The summed E-state index contributed by atoms with van der Waals surface area (Å²) in [6.45, 7) is 2.89. The summed E-state index contributed by atoms with van der Waals surface area (Å²) >= 11 is 0. The summed E-state index contributed by atoms with van der Waals surface area (Å²) in [5, 5.41) is 22.0. The van der Waals surface area contributed by atoms with Gasteiger partial charge < -0.3 is 15.5 Å². The van der Waals surface area contributed by atoms with Gasteiger partial charge in [-0.05, 0) is 44.7 Å². The Morgan fingerprint density at radius 1 is 1.15 bits per heavy atom. The van der Waals surface area contributed by atoms with E-state index in [1.165, 1.54) is 12.8 Å². The molecule has 0 aromatic rings. The Kier molecular flexibility index (Phi) is 6.26. The van der Waals surface area contributed by atoms with Crippen molar-refractivity contribution in [3.8, 4) is 0 Å². The Balaban J connectivity index is 1.80. The Morgan fingerprint density at radius 3 is 2.75 bits per heavy atom.